The Morgan fingerprint density at radius 2 is 1.28 bits per heavy atom. The molecule has 0 aromatic rings. The molecule has 1 atom stereocenters. The number of aliphatic hydroxyl groups excluding tert-OH is 1. The fraction of sp³-hybridized carbons (Fsp3) is 1.00. The number of hydrogen-bond acceptors (Lipinski definition) is 2. The van der Waals surface area contributed by atoms with E-state index in [-0.39, 0.29) is 6.10 Å². The largest absolute Gasteiger partial charge is 0.392 e. The Bertz CT molecular complexity index is 150. The second-order valence-corrected chi connectivity index (χ2v) is 5.43. The smallest absolute Gasteiger partial charge is 0.0664 e. The zero-order valence-electron chi connectivity index (χ0n) is 12.7. The van der Waals surface area contributed by atoms with Crippen molar-refractivity contribution in [2.45, 2.75) is 90.6 Å². The molecule has 0 heterocycles. The monoisotopic (exact) mass is 257 g/mol. The van der Waals surface area contributed by atoms with Crippen LogP contribution < -0.4 is 5.32 Å². The second kappa shape index (κ2) is 15.0. The first-order valence-corrected chi connectivity index (χ1v) is 8.20. The molecule has 0 radical (unpaired) electrons. The molecule has 0 aliphatic heterocycles. The van der Waals surface area contributed by atoms with Crippen molar-refractivity contribution < 1.29 is 5.11 Å². The van der Waals surface area contributed by atoms with E-state index in [1.54, 1.807) is 0 Å². The van der Waals surface area contributed by atoms with E-state index in [0.29, 0.717) is 0 Å². The van der Waals surface area contributed by atoms with E-state index in [1.165, 1.54) is 64.2 Å². The summed E-state index contributed by atoms with van der Waals surface area (Å²) >= 11 is 0. The summed E-state index contributed by atoms with van der Waals surface area (Å²) in [4.78, 5) is 0. The van der Waals surface area contributed by atoms with Crippen molar-refractivity contribution in [3.8, 4) is 0 Å². The molecule has 0 aromatic heterocycles. The van der Waals surface area contributed by atoms with E-state index in [9.17, 15) is 5.11 Å². The van der Waals surface area contributed by atoms with Gasteiger partial charge in [0.05, 0.1) is 6.10 Å². The summed E-state index contributed by atoms with van der Waals surface area (Å²) in [5.74, 6) is 0. The summed E-state index contributed by atoms with van der Waals surface area (Å²) in [6.07, 6.45) is 14.5. The number of rotatable bonds is 14. The fourth-order valence-electron chi connectivity index (χ4n) is 2.28. The SMILES string of the molecule is CCCCCCCCCCCCC(O)CNCC. The molecule has 0 aliphatic carbocycles. The Hall–Kier alpha value is -0.0800. The highest BCUT2D eigenvalue weighted by Gasteiger charge is 2.01. The van der Waals surface area contributed by atoms with Gasteiger partial charge in [0.15, 0.2) is 0 Å². The number of likely N-dealkylation sites (N-methyl/N-ethyl adjacent to an activating group) is 1. The Morgan fingerprint density at radius 3 is 1.78 bits per heavy atom. The summed E-state index contributed by atoms with van der Waals surface area (Å²) in [5, 5.41) is 12.8. The second-order valence-electron chi connectivity index (χ2n) is 5.43. The van der Waals surface area contributed by atoms with Gasteiger partial charge in [-0.05, 0) is 13.0 Å². The Labute approximate surface area is 115 Å². The van der Waals surface area contributed by atoms with Crippen LogP contribution in [0.2, 0.25) is 0 Å². The Kier molecular flexibility index (Phi) is 14.9. The highest BCUT2D eigenvalue weighted by atomic mass is 16.3. The van der Waals surface area contributed by atoms with Crippen molar-refractivity contribution in [1.82, 2.24) is 5.32 Å². The third-order valence-electron chi connectivity index (χ3n) is 3.52. The first kappa shape index (κ1) is 17.9. The standard InChI is InChI=1S/C16H35NO/c1-3-5-6-7-8-9-10-11-12-13-14-16(18)15-17-4-2/h16-18H,3-15H2,1-2H3. The molecule has 110 valence electrons. The van der Waals surface area contributed by atoms with Crippen LogP contribution >= 0.6 is 0 Å². The molecule has 0 rings (SSSR count). The molecular weight excluding hydrogens is 222 g/mol. The average Bonchev–Trinajstić information content (AvgIpc) is 2.38. The highest BCUT2D eigenvalue weighted by Crippen LogP contribution is 2.11. The highest BCUT2D eigenvalue weighted by molar-refractivity contribution is 4.59. The minimum absolute atomic E-state index is 0.140. The van der Waals surface area contributed by atoms with E-state index in [4.69, 9.17) is 0 Å². The first-order valence-electron chi connectivity index (χ1n) is 8.20. The molecule has 2 heteroatoms. The van der Waals surface area contributed by atoms with E-state index in [1.807, 2.05) is 0 Å². The number of aliphatic hydroxyl groups is 1. The topological polar surface area (TPSA) is 32.3 Å². The first-order chi connectivity index (χ1) is 8.81. The van der Waals surface area contributed by atoms with Crippen molar-refractivity contribution in [1.29, 1.82) is 0 Å². The van der Waals surface area contributed by atoms with Crippen LogP contribution in [-0.4, -0.2) is 24.3 Å². The Morgan fingerprint density at radius 1 is 0.778 bits per heavy atom. The van der Waals surface area contributed by atoms with Crippen LogP contribution in [-0.2, 0) is 0 Å². The van der Waals surface area contributed by atoms with Crippen LogP contribution in [0.25, 0.3) is 0 Å². The summed E-state index contributed by atoms with van der Waals surface area (Å²) in [7, 11) is 0. The summed E-state index contributed by atoms with van der Waals surface area (Å²) in [5.41, 5.74) is 0. The van der Waals surface area contributed by atoms with Crippen LogP contribution in [0.5, 0.6) is 0 Å². The lowest BCUT2D eigenvalue weighted by atomic mass is 10.0. The van der Waals surface area contributed by atoms with E-state index < -0.39 is 0 Å². The maximum absolute atomic E-state index is 9.64. The predicted octanol–water partition coefficient (Wildman–Crippen LogP) is 4.27. The average molecular weight is 257 g/mol. The van der Waals surface area contributed by atoms with Crippen molar-refractivity contribution in [3.05, 3.63) is 0 Å². The van der Waals surface area contributed by atoms with E-state index in [0.717, 1.165) is 19.5 Å². The molecule has 0 saturated heterocycles. The van der Waals surface area contributed by atoms with Gasteiger partial charge >= 0.3 is 0 Å². The molecule has 2 N–H and O–H groups in total. The van der Waals surface area contributed by atoms with Gasteiger partial charge in [-0.2, -0.15) is 0 Å². The Balaban J connectivity index is 3.02. The molecular formula is C16H35NO. The molecule has 1 unspecified atom stereocenters. The molecule has 18 heavy (non-hydrogen) atoms. The van der Waals surface area contributed by atoms with Gasteiger partial charge in [0, 0.05) is 6.54 Å². The van der Waals surface area contributed by atoms with Crippen LogP contribution in [0.3, 0.4) is 0 Å². The minimum atomic E-state index is -0.140. The summed E-state index contributed by atoms with van der Waals surface area (Å²) in [6.45, 7) is 6.06. The molecule has 0 amide bonds. The zero-order valence-corrected chi connectivity index (χ0v) is 12.7. The van der Waals surface area contributed by atoms with Crippen LogP contribution in [0.1, 0.15) is 84.5 Å². The van der Waals surface area contributed by atoms with Gasteiger partial charge in [0.1, 0.15) is 0 Å². The van der Waals surface area contributed by atoms with Crippen LogP contribution in [0, 0.1) is 0 Å². The van der Waals surface area contributed by atoms with Crippen molar-refractivity contribution in [3.63, 3.8) is 0 Å². The third-order valence-corrected chi connectivity index (χ3v) is 3.52. The van der Waals surface area contributed by atoms with E-state index >= 15 is 0 Å². The van der Waals surface area contributed by atoms with Gasteiger partial charge in [-0.3, -0.25) is 0 Å². The minimum Gasteiger partial charge on any atom is -0.392 e. The summed E-state index contributed by atoms with van der Waals surface area (Å²) in [6, 6.07) is 0. The van der Waals surface area contributed by atoms with Gasteiger partial charge in [-0.1, -0.05) is 78.1 Å². The fourth-order valence-corrected chi connectivity index (χ4v) is 2.28. The van der Waals surface area contributed by atoms with Crippen LogP contribution in [0.4, 0.5) is 0 Å². The van der Waals surface area contributed by atoms with Gasteiger partial charge in [0.25, 0.3) is 0 Å². The van der Waals surface area contributed by atoms with Gasteiger partial charge in [0.2, 0.25) is 0 Å². The molecule has 0 spiro atoms. The molecule has 0 saturated carbocycles. The van der Waals surface area contributed by atoms with Crippen molar-refractivity contribution >= 4 is 0 Å². The van der Waals surface area contributed by atoms with Gasteiger partial charge in [-0.25, -0.2) is 0 Å². The molecule has 0 aliphatic rings. The lowest BCUT2D eigenvalue weighted by Gasteiger charge is -2.10. The molecule has 0 fully saturated rings. The quantitative estimate of drug-likeness (QED) is 0.456. The predicted molar refractivity (Wildman–Crippen MR) is 81.0 cm³/mol. The van der Waals surface area contributed by atoms with Crippen molar-refractivity contribution in [2.75, 3.05) is 13.1 Å². The number of unbranched alkanes of at least 4 members (excludes halogenated alkanes) is 9. The maximum atomic E-state index is 9.64. The molecule has 0 aromatic carbocycles. The normalized spacial score (nSPS) is 12.8. The lowest BCUT2D eigenvalue weighted by molar-refractivity contribution is 0.158. The third kappa shape index (κ3) is 14.0. The maximum Gasteiger partial charge on any atom is 0.0664 e. The number of hydrogen-bond donors (Lipinski definition) is 2. The molecule has 0 bridgehead atoms. The van der Waals surface area contributed by atoms with Crippen molar-refractivity contribution in [2.24, 2.45) is 0 Å². The van der Waals surface area contributed by atoms with Gasteiger partial charge in [-0.15, -0.1) is 0 Å². The zero-order chi connectivity index (χ0) is 13.5. The van der Waals surface area contributed by atoms with E-state index in [2.05, 4.69) is 19.2 Å². The summed E-state index contributed by atoms with van der Waals surface area (Å²) < 4.78 is 0. The lowest BCUT2D eigenvalue weighted by Crippen LogP contribution is -2.26. The number of nitrogens with one attached hydrogen (secondary N) is 1. The molecule has 2 nitrogen and oxygen atoms in total. The van der Waals surface area contributed by atoms with Crippen LogP contribution in [0.15, 0.2) is 0 Å². The van der Waals surface area contributed by atoms with Gasteiger partial charge < -0.3 is 10.4 Å².